The Hall–Kier alpha value is -2.07. The van der Waals surface area contributed by atoms with Crippen LogP contribution in [0.2, 0.25) is 36.3 Å². The molecule has 0 fully saturated rings. The molecule has 2 aromatic carbocycles. The molecule has 0 aliphatic heterocycles. The van der Waals surface area contributed by atoms with Crippen LogP contribution >= 0.6 is 0 Å². The van der Waals surface area contributed by atoms with E-state index in [1.54, 1.807) is 6.92 Å². The molecule has 0 heterocycles. The minimum absolute atomic E-state index is 0.0547. The van der Waals surface area contributed by atoms with Crippen molar-refractivity contribution in [1.29, 1.82) is 0 Å². The van der Waals surface area contributed by atoms with Crippen molar-refractivity contribution in [2.24, 2.45) is 0 Å². The summed E-state index contributed by atoms with van der Waals surface area (Å²) >= 11 is 0. The highest BCUT2D eigenvalue weighted by Crippen LogP contribution is 2.39. The van der Waals surface area contributed by atoms with Crippen molar-refractivity contribution < 1.29 is 18.4 Å². The second-order valence-electron chi connectivity index (χ2n) is 15.4. The number of aryl methyl sites for hydroxylation is 2. The van der Waals surface area contributed by atoms with Gasteiger partial charge in [-0.1, -0.05) is 96.1 Å². The third kappa shape index (κ3) is 11.7. The molecule has 0 radical (unpaired) electrons. The molecule has 0 aromatic heterocycles. The fourth-order valence-electron chi connectivity index (χ4n) is 4.41. The van der Waals surface area contributed by atoms with Gasteiger partial charge in [0.2, 0.25) is 5.91 Å². The molecule has 0 aliphatic rings. The van der Waals surface area contributed by atoms with E-state index in [1.165, 1.54) is 5.56 Å². The van der Waals surface area contributed by atoms with E-state index >= 15 is 0 Å². The van der Waals surface area contributed by atoms with Gasteiger partial charge in [0.25, 0.3) is 0 Å². The zero-order valence-electron chi connectivity index (χ0n) is 29.0. The molecule has 0 saturated heterocycles. The highest BCUT2D eigenvalue weighted by molar-refractivity contribution is 6.74. The van der Waals surface area contributed by atoms with Gasteiger partial charge >= 0.3 is 0 Å². The number of ketones is 1. The molecule has 0 spiro atoms. The van der Waals surface area contributed by atoms with Gasteiger partial charge in [0.1, 0.15) is 0 Å². The van der Waals surface area contributed by atoms with Crippen molar-refractivity contribution in [2.45, 2.75) is 129 Å². The molecule has 7 heteroatoms. The number of unbranched alkanes of at least 4 members (excludes halogenated alkanes) is 1. The lowest BCUT2D eigenvalue weighted by Crippen LogP contribution is -2.59. The molecule has 43 heavy (non-hydrogen) atoms. The smallest absolute Gasteiger partial charge is 0.217 e. The second-order valence-corrected chi connectivity index (χ2v) is 25.0. The Morgan fingerprint density at radius 3 is 1.65 bits per heavy atom. The van der Waals surface area contributed by atoms with E-state index in [-0.39, 0.29) is 21.8 Å². The zero-order valence-corrected chi connectivity index (χ0v) is 31.0. The Labute approximate surface area is 264 Å². The van der Waals surface area contributed by atoms with Crippen LogP contribution in [0.15, 0.2) is 54.6 Å². The number of hydrogen-bond donors (Lipinski definition) is 1. The molecule has 0 unspecified atom stereocenters. The topological polar surface area (TPSA) is 64.6 Å². The molecule has 0 saturated carbocycles. The van der Waals surface area contributed by atoms with Gasteiger partial charge in [-0.3, -0.25) is 9.59 Å². The van der Waals surface area contributed by atoms with Crippen LogP contribution in [0, 0.1) is 0 Å². The summed E-state index contributed by atoms with van der Waals surface area (Å²) in [4.78, 5) is 25.4. The molecule has 240 valence electrons. The van der Waals surface area contributed by atoms with Gasteiger partial charge in [0.15, 0.2) is 22.4 Å². The quantitative estimate of drug-likeness (QED) is 0.115. The van der Waals surface area contributed by atoms with Crippen molar-refractivity contribution in [3.63, 3.8) is 0 Å². The van der Waals surface area contributed by atoms with Crippen molar-refractivity contribution >= 4 is 28.3 Å². The maximum atomic E-state index is 12.9. The zero-order chi connectivity index (χ0) is 32.5. The number of hydrogen-bond acceptors (Lipinski definition) is 4. The Bertz CT molecular complexity index is 1130. The van der Waals surface area contributed by atoms with E-state index in [0.717, 1.165) is 36.8 Å². The first-order chi connectivity index (χ1) is 19.8. The summed E-state index contributed by atoms with van der Waals surface area (Å²) in [6, 6.07) is 18.4. The minimum Gasteiger partial charge on any atom is -0.414 e. The third-order valence-corrected chi connectivity index (χ3v) is 18.6. The normalized spacial score (nSPS) is 13.2. The van der Waals surface area contributed by atoms with E-state index in [2.05, 4.69) is 109 Å². The van der Waals surface area contributed by atoms with Crippen LogP contribution < -0.4 is 5.32 Å². The molecular weight excluding hydrogens is 567 g/mol. The molecule has 1 amide bonds. The molecule has 1 N–H and O–H groups in total. The predicted octanol–water partition coefficient (Wildman–Crippen LogP) is 9.13. The molecule has 2 rings (SSSR count). The van der Waals surface area contributed by atoms with Gasteiger partial charge in [-0.25, -0.2) is 0 Å². The molecular formula is C36H59NO4Si2. The maximum Gasteiger partial charge on any atom is 0.217 e. The Kier molecular flexibility index (Phi) is 13.2. The van der Waals surface area contributed by atoms with Crippen LogP contribution in [0.3, 0.4) is 0 Å². The summed E-state index contributed by atoms with van der Waals surface area (Å²) < 4.78 is 13.5. The molecule has 0 bridgehead atoms. The van der Waals surface area contributed by atoms with Gasteiger partial charge in [0.05, 0.1) is 18.8 Å². The number of Topliss-reactive ketones (excluding diaryl/α,β-unsaturated/α-hetero) is 1. The summed E-state index contributed by atoms with van der Waals surface area (Å²) in [6.45, 7) is 24.8. The van der Waals surface area contributed by atoms with E-state index in [4.69, 9.17) is 8.85 Å². The van der Waals surface area contributed by atoms with Crippen molar-refractivity contribution in [3.8, 4) is 0 Å². The largest absolute Gasteiger partial charge is 0.414 e. The van der Waals surface area contributed by atoms with Crippen molar-refractivity contribution in [1.82, 2.24) is 5.32 Å². The van der Waals surface area contributed by atoms with Crippen LogP contribution in [0.5, 0.6) is 0 Å². The second kappa shape index (κ2) is 15.3. The highest BCUT2D eigenvalue weighted by Gasteiger charge is 2.44. The lowest BCUT2D eigenvalue weighted by molar-refractivity contribution is -0.122. The van der Waals surface area contributed by atoms with E-state index < -0.39 is 22.2 Å². The van der Waals surface area contributed by atoms with Gasteiger partial charge in [-0.15, -0.1) is 0 Å². The number of rotatable bonds is 16. The monoisotopic (exact) mass is 625 g/mol. The number of carbonyl (C=O) groups is 2. The Morgan fingerprint density at radius 2 is 1.19 bits per heavy atom. The van der Waals surface area contributed by atoms with E-state index in [0.29, 0.717) is 26.1 Å². The summed E-state index contributed by atoms with van der Waals surface area (Å²) in [5, 5.41) is 3.39. The number of carbonyl (C=O) groups excluding carboxylic acids is 2. The minimum atomic E-state index is -2.07. The summed E-state index contributed by atoms with van der Waals surface area (Å²) in [6.07, 6.45) is 4.88. The first kappa shape index (κ1) is 37.1. The van der Waals surface area contributed by atoms with Crippen LogP contribution in [-0.4, -0.2) is 47.1 Å². The van der Waals surface area contributed by atoms with Gasteiger partial charge in [-0.2, -0.15) is 0 Å². The predicted molar refractivity (Wildman–Crippen MR) is 186 cm³/mol. The summed E-state index contributed by atoms with van der Waals surface area (Å²) in [5.74, 6) is 0.114. The molecule has 5 nitrogen and oxygen atoms in total. The Morgan fingerprint density at radius 1 is 0.698 bits per heavy atom. The van der Waals surface area contributed by atoms with Gasteiger partial charge < -0.3 is 14.2 Å². The lowest BCUT2D eigenvalue weighted by atomic mass is 9.92. The number of nitrogens with one attached hydrogen (secondary N) is 1. The fourth-order valence-corrected chi connectivity index (χ4v) is 6.55. The summed E-state index contributed by atoms with van der Waals surface area (Å²) in [7, 11) is -4.14. The van der Waals surface area contributed by atoms with E-state index in [9.17, 15) is 9.59 Å². The average molecular weight is 626 g/mol. The summed E-state index contributed by atoms with van der Waals surface area (Å²) in [5.41, 5.74) is 2.57. The third-order valence-electron chi connectivity index (χ3n) is 9.60. The van der Waals surface area contributed by atoms with Gasteiger partial charge in [-0.05, 0) is 79.5 Å². The average Bonchev–Trinajstić information content (AvgIpc) is 2.91. The van der Waals surface area contributed by atoms with Crippen molar-refractivity contribution in [3.05, 3.63) is 71.3 Å². The SMILES string of the molecule is CC(=O)NC(CCc1ccc(C(=O)CCCCc2ccccc2)cc1)(CO[Si](C)(C)C(C)(C)C)CO[Si](C)(C)C(C)(C)C. The molecule has 0 atom stereocenters. The Balaban J connectivity index is 2.14. The maximum absolute atomic E-state index is 12.9. The van der Waals surface area contributed by atoms with E-state index in [1.807, 2.05) is 18.2 Å². The van der Waals surface area contributed by atoms with Gasteiger partial charge in [0, 0.05) is 18.9 Å². The van der Waals surface area contributed by atoms with Crippen LogP contribution in [0.4, 0.5) is 0 Å². The molecule has 2 aromatic rings. The lowest BCUT2D eigenvalue weighted by Gasteiger charge is -2.44. The highest BCUT2D eigenvalue weighted by atomic mass is 28.4. The van der Waals surface area contributed by atoms with Crippen molar-refractivity contribution in [2.75, 3.05) is 13.2 Å². The van der Waals surface area contributed by atoms with Crippen LogP contribution in [0.1, 0.15) is 95.6 Å². The first-order valence-electron chi connectivity index (χ1n) is 16.0. The first-order valence-corrected chi connectivity index (χ1v) is 21.8. The molecule has 0 aliphatic carbocycles. The number of benzene rings is 2. The van der Waals surface area contributed by atoms with Crippen LogP contribution in [0.25, 0.3) is 0 Å². The fraction of sp³-hybridized carbons (Fsp3) is 0.611. The number of amides is 1. The standard InChI is InChI=1S/C36H59NO4Si2/c1-29(38)37-36(27-40-42(8,9)34(2,3)4,28-41-43(10,11)35(5,6)7)26-25-31-21-23-32(24-22-31)33(39)20-16-15-19-30-17-13-12-14-18-30/h12-14,17-18,21-24H,15-16,19-20,25-28H2,1-11H3,(H,37,38). The van der Waals surface area contributed by atoms with Crippen LogP contribution in [-0.2, 0) is 26.5 Å².